The minimum Gasteiger partial charge on any atom is -0.381 e. The lowest BCUT2D eigenvalue weighted by molar-refractivity contribution is 0.612. The van der Waals surface area contributed by atoms with Gasteiger partial charge in [0, 0.05) is 42.0 Å². The molecule has 0 amide bonds. The number of rotatable bonds is 9. The van der Waals surface area contributed by atoms with Gasteiger partial charge in [-0.15, -0.1) is 0 Å². The van der Waals surface area contributed by atoms with Crippen molar-refractivity contribution in [3.8, 4) is 0 Å². The van der Waals surface area contributed by atoms with Gasteiger partial charge in [0.15, 0.2) is 0 Å². The summed E-state index contributed by atoms with van der Waals surface area (Å²) < 4.78 is 42.1. The van der Waals surface area contributed by atoms with E-state index < -0.39 is 0 Å². The summed E-state index contributed by atoms with van der Waals surface area (Å²) >= 11 is 0. The number of hydrogen-bond acceptors (Lipinski definition) is 3. The van der Waals surface area contributed by atoms with Gasteiger partial charge >= 0.3 is 0 Å². The molecule has 168 valence electrons. The van der Waals surface area contributed by atoms with Crippen LogP contribution in [0.2, 0.25) is 0 Å². The van der Waals surface area contributed by atoms with Gasteiger partial charge in [-0.2, -0.15) is 0 Å². The van der Waals surface area contributed by atoms with E-state index in [0.29, 0.717) is 35.5 Å². The van der Waals surface area contributed by atoms with E-state index in [4.69, 9.17) is 0 Å². The molecule has 0 aliphatic rings. The predicted octanol–water partition coefficient (Wildman–Crippen LogP) is 6.94. The first-order valence-corrected chi connectivity index (χ1v) is 10.7. The second-order valence-corrected chi connectivity index (χ2v) is 7.60. The molecule has 0 heterocycles. The molecule has 4 aromatic rings. The third-order valence-electron chi connectivity index (χ3n) is 5.31. The van der Waals surface area contributed by atoms with Crippen LogP contribution in [0, 0.1) is 17.5 Å². The summed E-state index contributed by atoms with van der Waals surface area (Å²) in [5.41, 5.74) is 3.85. The van der Waals surface area contributed by atoms with Crippen molar-refractivity contribution in [1.29, 1.82) is 0 Å². The van der Waals surface area contributed by atoms with E-state index >= 15 is 0 Å². The summed E-state index contributed by atoms with van der Waals surface area (Å²) in [5, 5.41) is 9.73. The molecule has 0 aliphatic carbocycles. The molecule has 4 aromatic carbocycles. The van der Waals surface area contributed by atoms with Crippen LogP contribution in [0.1, 0.15) is 16.7 Å². The summed E-state index contributed by atoms with van der Waals surface area (Å²) in [6.45, 7) is 0.891. The van der Waals surface area contributed by atoms with Crippen molar-refractivity contribution in [2.24, 2.45) is 0 Å². The Bertz CT molecular complexity index is 1230. The van der Waals surface area contributed by atoms with Crippen LogP contribution in [0.15, 0.2) is 91.0 Å². The lowest BCUT2D eigenvalue weighted by Gasteiger charge is -2.17. The lowest BCUT2D eigenvalue weighted by atomic mass is 10.1. The molecule has 0 spiro atoms. The Hall–Kier alpha value is -3.93. The van der Waals surface area contributed by atoms with E-state index in [1.807, 2.05) is 18.2 Å². The van der Waals surface area contributed by atoms with Crippen molar-refractivity contribution in [3.63, 3.8) is 0 Å². The Morgan fingerprint density at radius 3 is 1.36 bits per heavy atom. The Kier molecular flexibility index (Phi) is 7.15. The molecule has 0 aromatic heterocycles. The Labute approximate surface area is 191 Å². The Morgan fingerprint density at radius 2 is 0.879 bits per heavy atom. The second-order valence-electron chi connectivity index (χ2n) is 7.60. The predicted molar refractivity (Wildman–Crippen MR) is 128 cm³/mol. The SMILES string of the molecule is Fc1ccccc1CNc1ccc(NCc2ccccc2F)c(NCc2ccccc2F)c1. The highest BCUT2D eigenvalue weighted by molar-refractivity contribution is 5.74. The minimum absolute atomic E-state index is 0.272. The quantitative estimate of drug-likeness (QED) is 0.260. The fourth-order valence-corrected chi connectivity index (χ4v) is 3.46. The maximum Gasteiger partial charge on any atom is 0.128 e. The summed E-state index contributed by atoms with van der Waals surface area (Å²) in [6.07, 6.45) is 0. The fourth-order valence-electron chi connectivity index (χ4n) is 3.46. The van der Waals surface area contributed by atoms with Crippen molar-refractivity contribution in [2.45, 2.75) is 19.6 Å². The Morgan fingerprint density at radius 1 is 0.455 bits per heavy atom. The molecule has 0 saturated heterocycles. The average molecular weight is 448 g/mol. The molecule has 0 saturated carbocycles. The third kappa shape index (κ3) is 5.86. The first kappa shape index (κ1) is 22.3. The maximum absolute atomic E-state index is 14.1. The largest absolute Gasteiger partial charge is 0.381 e. The van der Waals surface area contributed by atoms with Crippen molar-refractivity contribution >= 4 is 17.1 Å². The normalized spacial score (nSPS) is 10.6. The van der Waals surface area contributed by atoms with Crippen LogP contribution < -0.4 is 16.0 Å². The summed E-state index contributed by atoms with van der Waals surface area (Å²) in [7, 11) is 0. The van der Waals surface area contributed by atoms with E-state index in [-0.39, 0.29) is 24.0 Å². The van der Waals surface area contributed by atoms with E-state index in [1.54, 1.807) is 54.6 Å². The number of anilines is 3. The molecule has 0 bridgehead atoms. The Balaban J connectivity index is 1.53. The molecule has 0 unspecified atom stereocenters. The number of nitrogens with one attached hydrogen (secondary N) is 3. The van der Waals surface area contributed by atoms with Crippen LogP contribution in [0.3, 0.4) is 0 Å². The first-order chi connectivity index (χ1) is 16.1. The zero-order valence-corrected chi connectivity index (χ0v) is 17.9. The molecule has 0 atom stereocenters. The first-order valence-electron chi connectivity index (χ1n) is 10.7. The highest BCUT2D eigenvalue weighted by Crippen LogP contribution is 2.28. The molecule has 6 heteroatoms. The van der Waals surface area contributed by atoms with Crippen molar-refractivity contribution in [3.05, 3.63) is 125 Å². The van der Waals surface area contributed by atoms with Crippen LogP contribution in [-0.2, 0) is 19.6 Å². The fraction of sp³-hybridized carbons (Fsp3) is 0.111. The van der Waals surface area contributed by atoms with Gasteiger partial charge in [0.05, 0.1) is 11.4 Å². The maximum atomic E-state index is 14.1. The molecule has 4 rings (SSSR count). The zero-order valence-electron chi connectivity index (χ0n) is 17.9. The number of hydrogen-bond donors (Lipinski definition) is 3. The van der Waals surface area contributed by atoms with E-state index in [0.717, 1.165) is 11.4 Å². The minimum atomic E-state index is -0.292. The molecule has 3 nitrogen and oxygen atoms in total. The van der Waals surface area contributed by atoms with Gasteiger partial charge < -0.3 is 16.0 Å². The van der Waals surface area contributed by atoms with Crippen molar-refractivity contribution in [2.75, 3.05) is 16.0 Å². The van der Waals surface area contributed by atoms with Gasteiger partial charge in [0.25, 0.3) is 0 Å². The van der Waals surface area contributed by atoms with Crippen LogP contribution in [0.25, 0.3) is 0 Å². The number of halogens is 3. The van der Waals surface area contributed by atoms with Crippen molar-refractivity contribution < 1.29 is 13.2 Å². The van der Waals surface area contributed by atoms with Gasteiger partial charge in [-0.3, -0.25) is 0 Å². The smallest absolute Gasteiger partial charge is 0.128 e. The van der Waals surface area contributed by atoms with Gasteiger partial charge in [-0.25, -0.2) is 13.2 Å². The van der Waals surface area contributed by atoms with E-state index in [2.05, 4.69) is 16.0 Å². The van der Waals surface area contributed by atoms with Crippen LogP contribution in [-0.4, -0.2) is 0 Å². The second kappa shape index (κ2) is 10.6. The molecule has 0 aliphatic heterocycles. The monoisotopic (exact) mass is 447 g/mol. The standard InChI is InChI=1S/C27H24F3N3/c28-23-10-4-1-7-19(23)16-31-22-13-14-26(32-17-20-8-2-5-11-24(20)29)27(15-22)33-18-21-9-3-6-12-25(21)30/h1-15,31-33H,16-18H2. The summed E-state index contributed by atoms with van der Waals surface area (Å²) in [6, 6.07) is 25.3. The number of benzene rings is 4. The van der Waals surface area contributed by atoms with Gasteiger partial charge in [-0.05, 0) is 36.4 Å². The van der Waals surface area contributed by atoms with E-state index in [9.17, 15) is 13.2 Å². The molecular weight excluding hydrogens is 423 g/mol. The summed E-state index contributed by atoms with van der Waals surface area (Å²) in [4.78, 5) is 0. The van der Waals surface area contributed by atoms with Crippen LogP contribution >= 0.6 is 0 Å². The lowest BCUT2D eigenvalue weighted by Crippen LogP contribution is -2.08. The van der Waals surface area contributed by atoms with Crippen molar-refractivity contribution in [1.82, 2.24) is 0 Å². The average Bonchev–Trinajstić information content (AvgIpc) is 2.83. The highest BCUT2D eigenvalue weighted by atomic mass is 19.1. The molecule has 3 N–H and O–H groups in total. The van der Waals surface area contributed by atoms with Crippen LogP contribution in [0.5, 0.6) is 0 Å². The van der Waals surface area contributed by atoms with E-state index in [1.165, 1.54) is 18.2 Å². The van der Waals surface area contributed by atoms with Crippen LogP contribution in [0.4, 0.5) is 30.2 Å². The molecular formula is C27H24F3N3. The van der Waals surface area contributed by atoms with Gasteiger partial charge in [0.2, 0.25) is 0 Å². The molecule has 0 fully saturated rings. The molecule has 33 heavy (non-hydrogen) atoms. The van der Waals surface area contributed by atoms with Gasteiger partial charge in [0.1, 0.15) is 17.5 Å². The topological polar surface area (TPSA) is 36.1 Å². The van der Waals surface area contributed by atoms with Gasteiger partial charge in [-0.1, -0.05) is 54.6 Å². The highest BCUT2D eigenvalue weighted by Gasteiger charge is 2.09. The third-order valence-corrected chi connectivity index (χ3v) is 5.31. The molecule has 0 radical (unpaired) electrons. The zero-order chi connectivity index (χ0) is 23.0. The summed E-state index contributed by atoms with van der Waals surface area (Å²) in [5.74, 6) is -0.847.